The maximum atomic E-state index is 12.8. The molecule has 1 saturated heterocycles. The van der Waals surface area contributed by atoms with Crippen LogP contribution in [0.25, 0.3) is 11.0 Å². The molecule has 23 heavy (non-hydrogen) atoms. The van der Waals surface area contributed by atoms with Crippen LogP contribution in [0.1, 0.15) is 24.2 Å². The molecular weight excluding hydrogens is 360 g/mol. The maximum absolute atomic E-state index is 12.8. The molecule has 0 saturated carbocycles. The predicted octanol–water partition coefficient (Wildman–Crippen LogP) is 3.37. The van der Waals surface area contributed by atoms with Gasteiger partial charge in [0.05, 0.1) is 11.5 Å². The van der Waals surface area contributed by atoms with Crippen LogP contribution >= 0.6 is 15.9 Å². The monoisotopic (exact) mass is 380 g/mol. The smallest absolute Gasteiger partial charge is 0.254 e. The minimum absolute atomic E-state index is 0.0286. The van der Waals surface area contributed by atoms with E-state index in [-0.39, 0.29) is 12.0 Å². The summed E-state index contributed by atoms with van der Waals surface area (Å²) in [7, 11) is 2.07. The van der Waals surface area contributed by atoms with E-state index in [2.05, 4.69) is 27.9 Å². The number of halogens is 1. The van der Waals surface area contributed by atoms with Crippen molar-refractivity contribution in [2.75, 3.05) is 33.2 Å². The van der Waals surface area contributed by atoms with Gasteiger partial charge in [-0.05, 0) is 49.0 Å². The van der Waals surface area contributed by atoms with Gasteiger partial charge in [0.1, 0.15) is 11.3 Å². The summed E-state index contributed by atoms with van der Waals surface area (Å²) in [6, 6.07) is 5.50. The Bertz CT molecular complexity index is 718. The van der Waals surface area contributed by atoms with E-state index in [0.29, 0.717) is 21.6 Å². The molecule has 0 N–H and O–H groups in total. The van der Waals surface area contributed by atoms with Crippen LogP contribution in [-0.4, -0.2) is 55.0 Å². The second-order valence-electron chi connectivity index (χ2n) is 6.20. The standard InChI is InChI=1S/C17H21BrN2O3/c1-11(2)22-14-8-12(9-15-13(14)10-16(18)23-15)17(21)20-6-4-19(3)5-7-20/h8-11H,4-7H2,1-3H3. The van der Waals surface area contributed by atoms with Crippen molar-refractivity contribution in [3.63, 3.8) is 0 Å². The van der Waals surface area contributed by atoms with E-state index >= 15 is 0 Å². The number of carbonyl (C=O) groups excluding carboxylic acids is 1. The molecule has 3 rings (SSSR count). The zero-order chi connectivity index (χ0) is 16.6. The van der Waals surface area contributed by atoms with Gasteiger partial charge in [-0.2, -0.15) is 0 Å². The van der Waals surface area contributed by atoms with E-state index in [9.17, 15) is 4.79 Å². The van der Waals surface area contributed by atoms with Crippen LogP contribution in [0.5, 0.6) is 5.75 Å². The van der Waals surface area contributed by atoms with Crippen LogP contribution in [0.15, 0.2) is 27.3 Å². The van der Waals surface area contributed by atoms with Crippen LogP contribution in [-0.2, 0) is 0 Å². The number of carbonyl (C=O) groups is 1. The summed E-state index contributed by atoms with van der Waals surface area (Å²) in [4.78, 5) is 16.9. The third-order valence-electron chi connectivity index (χ3n) is 3.97. The van der Waals surface area contributed by atoms with E-state index in [1.54, 1.807) is 6.07 Å². The van der Waals surface area contributed by atoms with Crippen molar-refractivity contribution in [2.45, 2.75) is 20.0 Å². The molecule has 6 heteroatoms. The molecule has 2 aromatic rings. The van der Waals surface area contributed by atoms with Gasteiger partial charge in [-0.25, -0.2) is 0 Å². The lowest BCUT2D eigenvalue weighted by atomic mass is 10.1. The number of hydrogen-bond donors (Lipinski definition) is 0. The Morgan fingerprint density at radius 3 is 2.57 bits per heavy atom. The van der Waals surface area contributed by atoms with E-state index in [4.69, 9.17) is 9.15 Å². The van der Waals surface area contributed by atoms with Gasteiger partial charge in [-0.3, -0.25) is 4.79 Å². The molecular formula is C17H21BrN2O3. The summed E-state index contributed by atoms with van der Waals surface area (Å²) >= 11 is 3.35. The topological polar surface area (TPSA) is 45.9 Å². The molecule has 124 valence electrons. The third-order valence-corrected chi connectivity index (χ3v) is 4.36. The third kappa shape index (κ3) is 3.53. The van der Waals surface area contributed by atoms with Gasteiger partial charge in [0, 0.05) is 37.8 Å². The van der Waals surface area contributed by atoms with Crippen LogP contribution in [0, 0.1) is 0 Å². The highest BCUT2D eigenvalue weighted by molar-refractivity contribution is 9.10. The van der Waals surface area contributed by atoms with Crippen molar-refractivity contribution in [1.29, 1.82) is 0 Å². The van der Waals surface area contributed by atoms with Crippen LogP contribution in [0.3, 0.4) is 0 Å². The van der Waals surface area contributed by atoms with Gasteiger partial charge in [0.2, 0.25) is 0 Å². The first-order valence-electron chi connectivity index (χ1n) is 7.81. The zero-order valence-electron chi connectivity index (χ0n) is 13.6. The van der Waals surface area contributed by atoms with Crippen LogP contribution < -0.4 is 4.74 Å². The number of fused-ring (bicyclic) bond motifs is 1. The number of amides is 1. The SMILES string of the molecule is CC(C)Oc1cc(C(=O)N2CCN(C)CC2)cc2oc(Br)cc12. The molecule has 0 atom stereocenters. The van der Waals surface area contributed by atoms with Crippen molar-refractivity contribution >= 4 is 32.8 Å². The minimum atomic E-state index is 0.0286. The van der Waals surface area contributed by atoms with E-state index < -0.39 is 0 Å². The first-order valence-corrected chi connectivity index (χ1v) is 8.61. The van der Waals surface area contributed by atoms with Crippen molar-refractivity contribution in [3.05, 3.63) is 28.4 Å². The predicted molar refractivity (Wildman–Crippen MR) is 93.1 cm³/mol. The second-order valence-corrected chi connectivity index (χ2v) is 6.98. The molecule has 0 spiro atoms. The lowest BCUT2D eigenvalue weighted by Crippen LogP contribution is -2.47. The van der Waals surface area contributed by atoms with Crippen molar-refractivity contribution in [1.82, 2.24) is 9.80 Å². The Morgan fingerprint density at radius 1 is 1.22 bits per heavy atom. The number of rotatable bonds is 3. The Kier molecular flexibility index (Phi) is 4.64. The molecule has 5 nitrogen and oxygen atoms in total. The molecule has 1 aromatic carbocycles. The second kappa shape index (κ2) is 6.53. The van der Waals surface area contributed by atoms with Crippen LogP contribution in [0.4, 0.5) is 0 Å². The first-order chi connectivity index (χ1) is 10.9. The van der Waals surface area contributed by atoms with Gasteiger partial charge in [0.15, 0.2) is 4.67 Å². The Balaban J connectivity index is 1.95. The van der Waals surface area contributed by atoms with E-state index in [1.165, 1.54) is 0 Å². The average Bonchev–Trinajstić information content (AvgIpc) is 2.87. The number of ether oxygens (including phenoxy) is 1. The lowest BCUT2D eigenvalue weighted by Gasteiger charge is -2.32. The fraction of sp³-hybridized carbons (Fsp3) is 0.471. The van der Waals surface area contributed by atoms with Crippen LogP contribution in [0.2, 0.25) is 0 Å². The van der Waals surface area contributed by atoms with Gasteiger partial charge in [-0.15, -0.1) is 0 Å². The molecule has 0 aliphatic carbocycles. The minimum Gasteiger partial charge on any atom is -0.490 e. The van der Waals surface area contributed by atoms with E-state index in [1.807, 2.05) is 30.9 Å². The van der Waals surface area contributed by atoms with Crippen molar-refractivity contribution < 1.29 is 13.9 Å². The van der Waals surface area contributed by atoms with Gasteiger partial charge < -0.3 is 19.0 Å². The van der Waals surface area contributed by atoms with Gasteiger partial charge in [0.25, 0.3) is 5.91 Å². The Labute approximate surface area is 144 Å². The zero-order valence-corrected chi connectivity index (χ0v) is 15.2. The molecule has 0 bridgehead atoms. The molecule has 0 unspecified atom stereocenters. The number of benzene rings is 1. The normalized spacial score (nSPS) is 16.3. The van der Waals surface area contributed by atoms with Gasteiger partial charge in [-0.1, -0.05) is 0 Å². The highest BCUT2D eigenvalue weighted by Crippen LogP contribution is 2.33. The quantitative estimate of drug-likeness (QED) is 0.818. The molecule has 1 amide bonds. The summed E-state index contributed by atoms with van der Waals surface area (Å²) in [5.74, 6) is 0.713. The summed E-state index contributed by atoms with van der Waals surface area (Å²) in [6.45, 7) is 7.22. The number of hydrogen-bond acceptors (Lipinski definition) is 4. The fourth-order valence-electron chi connectivity index (χ4n) is 2.74. The molecule has 0 radical (unpaired) electrons. The summed E-state index contributed by atoms with van der Waals surface area (Å²) in [6.07, 6.45) is 0.0286. The van der Waals surface area contributed by atoms with Crippen molar-refractivity contribution in [3.8, 4) is 5.75 Å². The summed E-state index contributed by atoms with van der Waals surface area (Å²) < 4.78 is 12.1. The highest BCUT2D eigenvalue weighted by atomic mass is 79.9. The summed E-state index contributed by atoms with van der Waals surface area (Å²) in [5.41, 5.74) is 1.27. The molecule has 1 fully saturated rings. The molecule has 1 aliphatic rings. The summed E-state index contributed by atoms with van der Waals surface area (Å²) in [5, 5.41) is 0.875. The van der Waals surface area contributed by atoms with Crippen molar-refractivity contribution in [2.24, 2.45) is 0 Å². The average molecular weight is 381 g/mol. The van der Waals surface area contributed by atoms with Gasteiger partial charge >= 0.3 is 0 Å². The Morgan fingerprint density at radius 2 is 1.91 bits per heavy atom. The molecule has 1 aromatic heterocycles. The number of furan rings is 1. The first kappa shape index (κ1) is 16.3. The largest absolute Gasteiger partial charge is 0.490 e. The molecule has 2 heterocycles. The number of nitrogens with zero attached hydrogens (tertiary/aromatic N) is 2. The molecule has 1 aliphatic heterocycles. The lowest BCUT2D eigenvalue weighted by molar-refractivity contribution is 0.0663. The fourth-order valence-corrected chi connectivity index (χ4v) is 3.15. The number of piperazine rings is 1. The number of likely N-dealkylation sites (N-methyl/N-ethyl adjacent to an activating group) is 1. The maximum Gasteiger partial charge on any atom is 0.254 e. The van der Waals surface area contributed by atoms with E-state index in [0.717, 1.165) is 31.6 Å². The highest BCUT2D eigenvalue weighted by Gasteiger charge is 2.22. The Hall–Kier alpha value is -1.53.